The highest BCUT2D eigenvalue weighted by molar-refractivity contribution is 6.04. The Hall–Kier alpha value is -3.96. The van der Waals surface area contributed by atoms with Gasteiger partial charge in [-0.1, -0.05) is 6.07 Å². The molecule has 1 aliphatic rings. The monoisotopic (exact) mass is 536 g/mol. The molecule has 208 valence electrons. The topological polar surface area (TPSA) is 122 Å². The molecule has 0 spiro atoms. The number of nitrogens with zero attached hydrogens (tertiary/aromatic N) is 4. The Balaban J connectivity index is 1.27. The van der Waals surface area contributed by atoms with Crippen molar-refractivity contribution >= 4 is 23.3 Å². The van der Waals surface area contributed by atoms with Crippen molar-refractivity contribution in [2.45, 2.75) is 26.4 Å². The molecule has 0 saturated carbocycles. The highest BCUT2D eigenvalue weighted by atomic mass is 16.6. The smallest absolute Gasteiger partial charge is 0.332 e. The Labute approximate surface area is 228 Å². The maximum absolute atomic E-state index is 12.9. The Morgan fingerprint density at radius 1 is 1.08 bits per heavy atom. The lowest BCUT2D eigenvalue weighted by atomic mass is 10.2. The molecule has 0 atom stereocenters. The van der Waals surface area contributed by atoms with Gasteiger partial charge in [-0.3, -0.25) is 14.8 Å². The standard InChI is InChI=1S/C28H36N6O5/c1-28(2,3)39-26(35)19-38-17-16-33-12-14-34(15-13-33)20-8-9-23(25(18-20)37-4)31-27(36)24-7-5-6-21(30-24)22-10-11-29-32-22/h5-11,18H,12-17,19H2,1-4H3,(H,29,32)(H,31,36). The molecule has 0 bridgehead atoms. The zero-order valence-electron chi connectivity index (χ0n) is 22.9. The Morgan fingerprint density at radius 3 is 2.56 bits per heavy atom. The summed E-state index contributed by atoms with van der Waals surface area (Å²) in [6.45, 7) is 10.1. The van der Waals surface area contributed by atoms with Gasteiger partial charge in [0.1, 0.15) is 23.7 Å². The highest BCUT2D eigenvalue weighted by Crippen LogP contribution is 2.31. The number of hydrogen-bond acceptors (Lipinski definition) is 9. The summed E-state index contributed by atoms with van der Waals surface area (Å²) in [4.78, 5) is 33.7. The summed E-state index contributed by atoms with van der Waals surface area (Å²) in [7, 11) is 1.58. The van der Waals surface area contributed by atoms with Gasteiger partial charge < -0.3 is 24.4 Å². The number of amides is 1. The molecule has 0 radical (unpaired) electrons. The van der Waals surface area contributed by atoms with Crippen LogP contribution in [0.2, 0.25) is 0 Å². The normalized spacial score (nSPS) is 14.2. The first kappa shape index (κ1) is 28.1. The molecule has 3 heterocycles. The van der Waals surface area contributed by atoms with E-state index in [0.717, 1.165) is 44.1 Å². The van der Waals surface area contributed by atoms with Crippen LogP contribution in [0.4, 0.5) is 11.4 Å². The number of aromatic nitrogens is 3. The van der Waals surface area contributed by atoms with Crippen LogP contribution in [0.15, 0.2) is 48.7 Å². The minimum atomic E-state index is -0.507. The number of rotatable bonds is 10. The quantitative estimate of drug-likeness (QED) is 0.297. The third-order valence-electron chi connectivity index (χ3n) is 6.12. The third-order valence-corrected chi connectivity index (χ3v) is 6.12. The van der Waals surface area contributed by atoms with Crippen molar-refractivity contribution in [2.24, 2.45) is 0 Å². The van der Waals surface area contributed by atoms with E-state index < -0.39 is 5.60 Å². The summed E-state index contributed by atoms with van der Waals surface area (Å²) in [5, 5.41) is 9.70. The molecule has 39 heavy (non-hydrogen) atoms. The fourth-order valence-electron chi connectivity index (χ4n) is 4.23. The second-order valence-electron chi connectivity index (χ2n) is 10.2. The van der Waals surface area contributed by atoms with E-state index in [1.54, 1.807) is 31.5 Å². The van der Waals surface area contributed by atoms with Crippen molar-refractivity contribution in [2.75, 3.05) is 63.3 Å². The predicted molar refractivity (Wildman–Crippen MR) is 148 cm³/mol. The SMILES string of the molecule is COc1cc(N2CCN(CCOCC(=O)OC(C)(C)C)CC2)ccc1NC(=O)c1cccc(-c2ccn[nH]2)n1. The van der Waals surface area contributed by atoms with Gasteiger partial charge in [0.15, 0.2) is 0 Å². The molecule has 1 saturated heterocycles. The molecule has 2 aromatic heterocycles. The molecule has 1 fully saturated rings. The van der Waals surface area contributed by atoms with Crippen LogP contribution in [0.25, 0.3) is 11.4 Å². The van der Waals surface area contributed by atoms with Crippen LogP contribution in [-0.4, -0.2) is 90.6 Å². The number of pyridine rings is 1. The number of benzene rings is 1. The van der Waals surface area contributed by atoms with Gasteiger partial charge in [-0.25, -0.2) is 9.78 Å². The van der Waals surface area contributed by atoms with Crippen molar-refractivity contribution in [3.8, 4) is 17.1 Å². The number of carbonyl (C=O) groups is 2. The van der Waals surface area contributed by atoms with E-state index >= 15 is 0 Å². The number of piperazine rings is 1. The first-order valence-corrected chi connectivity index (χ1v) is 12.9. The molecule has 1 aliphatic heterocycles. The summed E-state index contributed by atoms with van der Waals surface area (Å²) >= 11 is 0. The number of hydrogen-bond donors (Lipinski definition) is 2. The molecule has 1 aromatic carbocycles. The number of esters is 1. The molecule has 11 heteroatoms. The summed E-state index contributed by atoms with van der Waals surface area (Å²) in [5.74, 6) is -0.103. The number of nitrogens with one attached hydrogen (secondary N) is 2. The van der Waals surface area contributed by atoms with E-state index in [9.17, 15) is 9.59 Å². The predicted octanol–water partition coefficient (Wildman–Crippen LogP) is 3.21. The Morgan fingerprint density at radius 2 is 1.87 bits per heavy atom. The van der Waals surface area contributed by atoms with Crippen LogP contribution in [-0.2, 0) is 14.3 Å². The van der Waals surface area contributed by atoms with Crippen LogP contribution >= 0.6 is 0 Å². The molecule has 0 unspecified atom stereocenters. The van der Waals surface area contributed by atoms with E-state index in [-0.39, 0.29) is 18.5 Å². The van der Waals surface area contributed by atoms with Crippen LogP contribution in [0.5, 0.6) is 5.75 Å². The second-order valence-corrected chi connectivity index (χ2v) is 10.2. The summed E-state index contributed by atoms with van der Waals surface area (Å²) in [6.07, 6.45) is 1.64. The van der Waals surface area contributed by atoms with Crippen LogP contribution in [0, 0.1) is 0 Å². The Bertz CT molecular complexity index is 1250. The highest BCUT2D eigenvalue weighted by Gasteiger charge is 2.20. The number of methoxy groups -OCH3 is 1. The summed E-state index contributed by atoms with van der Waals surface area (Å²) < 4.78 is 16.3. The fourth-order valence-corrected chi connectivity index (χ4v) is 4.23. The molecular weight excluding hydrogens is 500 g/mol. The minimum Gasteiger partial charge on any atom is -0.494 e. The lowest BCUT2D eigenvalue weighted by Crippen LogP contribution is -2.47. The lowest BCUT2D eigenvalue weighted by molar-refractivity contribution is -0.160. The van der Waals surface area contributed by atoms with Gasteiger partial charge in [0.2, 0.25) is 0 Å². The summed E-state index contributed by atoms with van der Waals surface area (Å²) in [5.41, 5.74) is 2.74. The van der Waals surface area contributed by atoms with Gasteiger partial charge in [0, 0.05) is 50.7 Å². The van der Waals surface area contributed by atoms with E-state index in [4.69, 9.17) is 14.2 Å². The van der Waals surface area contributed by atoms with E-state index in [0.29, 0.717) is 29.4 Å². The van der Waals surface area contributed by atoms with Crippen molar-refractivity contribution in [3.63, 3.8) is 0 Å². The van der Waals surface area contributed by atoms with Crippen molar-refractivity contribution in [3.05, 3.63) is 54.4 Å². The van der Waals surface area contributed by atoms with Crippen LogP contribution in [0.1, 0.15) is 31.3 Å². The number of ether oxygens (including phenoxy) is 3. The van der Waals surface area contributed by atoms with Crippen molar-refractivity contribution < 1.29 is 23.8 Å². The van der Waals surface area contributed by atoms with Crippen molar-refractivity contribution in [1.29, 1.82) is 0 Å². The van der Waals surface area contributed by atoms with E-state index in [2.05, 4.69) is 30.3 Å². The first-order valence-electron chi connectivity index (χ1n) is 12.9. The van der Waals surface area contributed by atoms with Gasteiger partial charge in [0.05, 0.1) is 30.8 Å². The fraction of sp³-hybridized carbons (Fsp3) is 0.429. The molecule has 3 aromatic rings. The maximum atomic E-state index is 12.9. The van der Waals surface area contributed by atoms with Gasteiger partial charge in [-0.2, -0.15) is 5.10 Å². The maximum Gasteiger partial charge on any atom is 0.332 e. The average Bonchev–Trinajstić information content (AvgIpc) is 3.46. The van der Waals surface area contributed by atoms with Gasteiger partial charge in [0.25, 0.3) is 5.91 Å². The van der Waals surface area contributed by atoms with E-state index in [1.165, 1.54) is 0 Å². The number of aromatic amines is 1. The van der Waals surface area contributed by atoms with Crippen LogP contribution < -0.4 is 15.0 Å². The molecule has 2 N–H and O–H groups in total. The lowest BCUT2D eigenvalue weighted by Gasteiger charge is -2.36. The van der Waals surface area contributed by atoms with Gasteiger partial charge in [-0.15, -0.1) is 0 Å². The molecule has 11 nitrogen and oxygen atoms in total. The number of anilines is 2. The zero-order valence-corrected chi connectivity index (χ0v) is 22.9. The van der Waals surface area contributed by atoms with Crippen LogP contribution in [0.3, 0.4) is 0 Å². The van der Waals surface area contributed by atoms with Gasteiger partial charge >= 0.3 is 5.97 Å². The zero-order chi connectivity index (χ0) is 27.8. The van der Waals surface area contributed by atoms with Gasteiger partial charge in [-0.05, 0) is 51.1 Å². The number of carbonyl (C=O) groups excluding carboxylic acids is 2. The first-order chi connectivity index (χ1) is 18.7. The molecular formula is C28H36N6O5. The minimum absolute atomic E-state index is 0.0360. The molecule has 0 aliphatic carbocycles. The second kappa shape index (κ2) is 12.7. The third kappa shape index (κ3) is 8.01. The van der Waals surface area contributed by atoms with Crippen molar-refractivity contribution in [1.82, 2.24) is 20.1 Å². The number of H-pyrrole nitrogens is 1. The molecule has 1 amide bonds. The largest absolute Gasteiger partial charge is 0.494 e. The summed E-state index contributed by atoms with van der Waals surface area (Å²) in [6, 6.07) is 12.8. The average molecular weight is 537 g/mol. The van der Waals surface area contributed by atoms with E-state index in [1.807, 2.05) is 45.0 Å². The molecule has 4 rings (SSSR count). The Kier molecular flexibility index (Phi) is 9.15.